The van der Waals surface area contributed by atoms with Crippen LogP contribution in [0.3, 0.4) is 0 Å². The van der Waals surface area contributed by atoms with Crippen molar-refractivity contribution in [3.63, 3.8) is 0 Å². The molecule has 0 saturated heterocycles. The highest BCUT2D eigenvalue weighted by Crippen LogP contribution is 2.48. The Morgan fingerprint density at radius 1 is 1.39 bits per heavy atom. The lowest BCUT2D eigenvalue weighted by molar-refractivity contribution is 0.253. The molecule has 0 atom stereocenters. The van der Waals surface area contributed by atoms with E-state index in [0.717, 1.165) is 30.8 Å². The molecule has 0 radical (unpaired) electrons. The maximum atomic E-state index is 9.04. The van der Waals surface area contributed by atoms with Gasteiger partial charge < -0.3 is 15.8 Å². The van der Waals surface area contributed by atoms with Crippen molar-refractivity contribution in [1.82, 2.24) is 9.97 Å². The van der Waals surface area contributed by atoms with Crippen LogP contribution < -0.4 is 16.6 Å². The summed E-state index contributed by atoms with van der Waals surface area (Å²) in [6.45, 7) is 3.15. The Morgan fingerprint density at radius 2 is 2.11 bits per heavy atom. The number of nitrogens with one attached hydrogen (secondary N) is 2. The zero-order valence-electron chi connectivity index (χ0n) is 10.7. The van der Waals surface area contributed by atoms with Crippen molar-refractivity contribution in [2.45, 2.75) is 32.6 Å². The standard InChI is InChI=1S/C12H21N5O/c1-2-9-10(15-8-16-11(9)17-13)14-7-12(3-4-12)5-6-18/h8,18H,2-7,13H2,1H3,(H2,14,15,16,17). The van der Waals surface area contributed by atoms with E-state index < -0.39 is 0 Å². The SMILES string of the molecule is CCc1c(NN)ncnc1NCC1(CCO)CC1. The van der Waals surface area contributed by atoms with E-state index in [1.807, 2.05) is 6.92 Å². The maximum absolute atomic E-state index is 9.04. The van der Waals surface area contributed by atoms with E-state index in [1.165, 1.54) is 19.2 Å². The molecule has 100 valence electrons. The predicted octanol–water partition coefficient (Wildman–Crippen LogP) is 0.899. The molecule has 0 aromatic carbocycles. The van der Waals surface area contributed by atoms with Crippen molar-refractivity contribution in [2.24, 2.45) is 11.3 Å². The van der Waals surface area contributed by atoms with Crippen LogP contribution in [0.4, 0.5) is 11.6 Å². The van der Waals surface area contributed by atoms with Crippen LogP contribution in [-0.4, -0.2) is 28.2 Å². The highest BCUT2D eigenvalue weighted by Gasteiger charge is 2.41. The number of rotatable bonds is 7. The molecule has 0 unspecified atom stereocenters. The zero-order valence-corrected chi connectivity index (χ0v) is 10.7. The normalized spacial score (nSPS) is 16.4. The van der Waals surface area contributed by atoms with Crippen molar-refractivity contribution in [3.8, 4) is 0 Å². The Morgan fingerprint density at radius 3 is 2.67 bits per heavy atom. The minimum atomic E-state index is 0.252. The number of aliphatic hydroxyl groups is 1. The molecule has 0 bridgehead atoms. The summed E-state index contributed by atoms with van der Waals surface area (Å²) in [5.41, 5.74) is 3.86. The number of aromatic nitrogens is 2. The van der Waals surface area contributed by atoms with Gasteiger partial charge in [0.25, 0.3) is 0 Å². The van der Waals surface area contributed by atoms with Gasteiger partial charge in [0.1, 0.15) is 18.0 Å². The van der Waals surface area contributed by atoms with Gasteiger partial charge in [-0.1, -0.05) is 6.92 Å². The van der Waals surface area contributed by atoms with Gasteiger partial charge in [-0.25, -0.2) is 15.8 Å². The summed E-state index contributed by atoms with van der Waals surface area (Å²) in [6, 6.07) is 0. The topological polar surface area (TPSA) is 96.1 Å². The lowest BCUT2D eigenvalue weighted by Gasteiger charge is -2.17. The third-order valence-corrected chi connectivity index (χ3v) is 3.67. The van der Waals surface area contributed by atoms with Gasteiger partial charge >= 0.3 is 0 Å². The largest absolute Gasteiger partial charge is 0.396 e. The van der Waals surface area contributed by atoms with Gasteiger partial charge in [-0.15, -0.1) is 0 Å². The third kappa shape index (κ3) is 2.70. The van der Waals surface area contributed by atoms with Crippen LogP contribution >= 0.6 is 0 Å². The molecule has 1 fully saturated rings. The van der Waals surface area contributed by atoms with Crippen LogP contribution in [0.25, 0.3) is 0 Å². The Hall–Kier alpha value is -1.40. The second-order valence-corrected chi connectivity index (χ2v) is 4.87. The predicted molar refractivity (Wildman–Crippen MR) is 71.1 cm³/mol. The van der Waals surface area contributed by atoms with Gasteiger partial charge in [0.2, 0.25) is 0 Å². The average Bonchev–Trinajstić information content (AvgIpc) is 3.16. The molecule has 1 aromatic rings. The van der Waals surface area contributed by atoms with Crippen LogP contribution in [-0.2, 0) is 6.42 Å². The van der Waals surface area contributed by atoms with Crippen LogP contribution in [0.15, 0.2) is 6.33 Å². The number of hydrogen-bond acceptors (Lipinski definition) is 6. The number of anilines is 2. The molecule has 1 aliphatic rings. The summed E-state index contributed by atoms with van der Waals surface area (Å²) < 4.78 is 0. The van der Waals surface area contributed by atoms with E-state index in [4.69, 9.17) is 10.9 Å². The van der Waals surface area contributed by atoms with Crippen molar-refractivity contribution < 1.29 is 5.11 Å². The van der Waals surface area contributed by atoms with Gasteiger partial charge in [-0.05, 0) is 31.1 Å². The lowest BCUT2D eigenvalue weighted by atomic mass is 10.0. The fourth-order valence-corrected chi connectivity index (χ4v) is 2.22. The molecule has 1 heterocycles. The van der Waals surface area contributed by atoms with Crippen LogP contribution in [0.2, 0.25) is 0 Å². The molecule has 18 heavy (non-hydrogen) atoms. The van der Waals surface area contributed by atoms with Crippen molar-refractivity contribution in [2.75, 3.05) is 23.9 Å². The number of aliphatic hydroxyl groups excluding tert-OH is 1. The molecule has 0 amide bonds. The quantitative estimate of drug-likeness (QED) is 0.425. The van der Waals surface area contributed by atoms with E-state index in [-0.39, 0.29) is 12.0 Å². The average molecular weight is 251 g/mol. The number of nitrogens with zero attached hydrogens (tertiary/aromatic N) is 2. The van der Waals surface area contributed by atoms with Crippen molar-refractivity contribution in [3.05, 3.63) is 11.9 Å². The summed E-state index contributed by atoms with van der Waals surface area (Å²) >= 11 is 0. The summed E-state index contributed by atoms with van der Waals surface area (Å²) in [7, 11) is 0. The molecule has 0 aliphatic heterocycles. The minimum Gasteiger partial charge on any atom is -0.396 e. The summed E-state index contributed by atoms with van der Waals surface area (Å²) in [4.78, 5) is 8.37. The van der Waals surface area contributed by atoms with E-state index >= 15 is 0 Å². The molecule has 0 spiro atoms. The molecular formula is C12H21N5O. The van der Waals surface area contributed by atoms with Crippen LogP contribution in [0.1, 0.15) is 31.7 Å². The Kier molecular flexibility index (Phi) is 3.98. The van der Waals surface area contributed by atoms with Gasteiger partial charge in [-0.3, -0.25) is 0 Å². The zero-order chi connectivity index (χ0) is 13.0. The smallest absolute Gasteiger partial charge is 0.148 e. The van der Waals surface area contributed by atoms with Crippen molar-refractivity contribution in [1.29, 1.82) is 0 Å². The van der Waals surface area contributed by atoms with Crippen molar-refractivity contribution >= 4 is 11.6 Å². The molecule has 1 aromatic heterocycles. The van der Waals surface area contributed by atoms with Gasteiger partial charge in [0, 0.05) is 18.7 Å². The van der Waals surface area contributed by atoms with Gasteiger partial charge in [0.05, 0.1) is 0 Å². The number of hydrogen-bond donors (Lipinski definition) is 4. The molecular weight excluding hydrogens is 230 g/mol. The summed E-state index contributed by atoms with van der Waals surface area (Å²) in [5.74, 6) is 6.94. The fourth-order valence-electron chi connectivity index (χ4n) is 2.22. The molecule has 1 aliphatic carbocycles. The van der Waals surface area contributed by atoms with E-state index in [0.29, 0.717) is 5.82 Å². The number of nitrogens with two attached hydrogens (primary N) is 1. The van der Waals surface area contributed by atoms with E-state index in [9.17, 15) is 0 Å². The van der Waals surface area contributed by atoms with Crippen LogP contribution in [0, 0.1) is 5.41 Å². The minimum absolute atomic E-state index is 0.252. The monoisotopic (exact) mass is 251 g/mol. The number of nitrogen functional groups attached to an aromatic ring is 1. The fraction of sp³-hybridized carbons (Fsp3) is 0.667. The first-order valence-electron chi connectivity index (χ1n) is 6.40. The Balaban J connectivity index is 2.05. The molecule has 1 saturated carbocycles. The second kappa shape index (κ2) is 5.49. The lowest BCUT2D eigenvalue weighted by Crippen LogP contribution is -2.19. The van der Waals surface area contributed by atoms with Crippen LogP contribution in [0.5, 0.6) is 0 Å². The molecule has 5 N–H and O–H groups in total. The highest BCUT2D eigenvalue weighted by molar-refractivity contribution is 5.56. The first kappa shape index (κ1) is 13.0. The van der Waals surface area contributed by atoms with Gasteiger partial charge in [0.15, 0.2) is 0 Å². The Bertz CT molecular complexity index is 405. The van der Waals surface area contributed by atoms with E-state index in [1.54, 1.807) is 0 Å². The maximum Gasteiger partial charge on any atom is 0.148 e. The third-order valence-electron chi connectivity index (χ3n) is 3.67. The highest BCUT2D eigenvalue weighted by atomic mass is 16.3. The molecule has 6 heteroatoms. The van der Waals surface area contributed by atoms with Gasteiger partial charge in [-0.2, -0.15) is 0 Å². The first-order chi connectivity index (χ1) is 8.74. The summed E-state index contributed by atoms with van der Waals surface area (Å²) in [5, 5.41) is 12.4. The molecule has 2 rings (SSSR count). The second-order valence-electron chi connectivity index (χ2n) is 4.87. The summed E-state index contributed by atoms with van der Waals surface area (Å²) in [6.07, 6.45) is 5.52. The Labute approximate surface area is 107 Å². The molecule has 6 nitrogen and oxygen atoms in total. The van der Waals surface area contributed by atoms with E-state index in [2.05, 4.69) is 20.7 Å². The first-order valence-corrected chi connectivity index (χ1v) is 6.40. The number of hydrazine groups is 1.